The number of benzene rings is 1. The molecule has 0 fully saturated rings. The molecule has 0 saturated heterocycles. The van der Waals surface area contributed by atoms with Crippen molar-refractivity contribution in [2.24, 2.45) is 0 Å². The molecule has 0 aliphatic rings. The zero-order chi connectivity index (χ0) is 14.7. The van der Waals surface area contributed by atoms with Crippen molar-refractivity contribution in [3.63, 3.8) is 0 Å². The van der Waals surface area contributed by atoms with Crippen LogP contribution in [0.15, 0.2) is 30.3 Å². The number of carbonyl (C=O) groups excluding carboxylic acids is 1. The number of carbonyl (C=O) groups is 1. The molecule has 1 atom stereocenters. The van der Waals surface area contributed by atoms with E-state index >= 15 is 0 Å². The Bertz CT molecular complexity index is 616. The monoisotopic (exact) mass is 271 g/mol. The third kappa shape index (κ3) is 3.47. The molecule has 1 aromatic carbocycles. The number of nitrogens with zero attached hydrogens (tertiary/aromatic N) is 2. The van der Waals surface area contributed by atoms with Crippen molar-refractivity contribution in [1.82, 2.24) is 9.78 Å². The van der Waals surface area contributed by atoms with Gasteiger partial charge < -0.3 is 5.32 Å². The molecule has 106 valence electrons. The highest BCUT2D eigenvalue weighted by molar-refractivity contribution is 5.91. The van der Waals surface area contributed by atoms with Gasteiger partial charge >= 0.3 is 0 Å². The Morgan fingerprint density at radius 3 is 2.65 bits per heavy atom. The highest BCUT2D eigenvalue weighted by atomic mass is 16.1. The molecule has 0 aliphatic carbocycles. The van der Waals surface area contributed by atoms with E-state index in [2.05, 4.69) is 10.4 Å². The van der Waals surface area contributed by atoms with Crippen molar-refractivity contribution in [3.05, 3.63) is 47.3 Å². The van der Waals surface area contributed by atoms with Crippen LogP contribution < -0.4 is 5.32 Å². The van der Waals surface area contributed by atoms with E-state index in [1.54, 1.807) is 0 Å². The SMILES string of the molecule is Cc1cccc(NC(=O)C[C@H](C)n2nc(C)cc2C)c1. The van der Waals surface area contributed by atoms with Gasteiger partial charge in [-0.1, -0.05) is 12.1 Å². The Morgan fingerprint density at radius 2 is 2.05 bits per heavy atom. The maximum absolute atomic E-state index is 12.1. The van der Waals surface area contributed by atoms with Crippen molar-refractivity contribution in [1.29, 1.82) is 0 Å². The van der Waals surface area contributed by atoms with E-state index in [0.29, 0.717) is 6.42 Å². The smallest absolute Gasteiger partial charge is 0.226 e. The van der Waals surface area contributed by atoms with E-state index in [-0.39, 0.29) is 11.9 Å². The number of hydrogen-bond donors (Lipinski definition) is 1. The minimum atomic E-state index is 0.00986. The summed E-state index contributed by atoms with van der Waals surface area (Å²) < 4.78 is 1.91. The Morgan fingerprint density at radius 1 is 1.30 bits per heavy atom. The fourth-order valence-electron chi connectivity index (χ4n) is 2.38. The lowest BCUT2D eigenvalue weighted by Crippen LogP contribution is -2.19. The van der Waals surface area contributed by atoms with Gasteiger partial charge in [-0.05, 0) is 51.5 Å². The molecule has 1 aromatic heterocycles. The van der Waals surface area contributed by atoms with Crippen LogP contribution in [0.2, 0.25) is 0 Å². The van der Waals surface area contributed by atoms with Gasteiger partial charge in [0.1, 0.15) is 0 Å². The summed E-state index contributed by atoms with van der Waals surface area (Å²) in [5.74, 6) is 0.00986. The molecule has 0 bridgehead atoms. The molecule has 1 amide bonds. The number of amides is 1. The summed E-state index contributed by atoms with van der Waals surface area (Å²) in [5, 5.41) is 7.35. The fourth-order valence-corrected chi connectivity index (χ4v) is 2.38. The topological polar surface area (TPSA) is 46.9 Å². The molecule has 0 spiro atoms. The van der Waals surface area contributed by atoms with Gasteiger partial charge in [0.2, 0.25) is 5.91 Å². The van der Waals surface area contributed by atoms with E-state index in [1.807, 2.05) is 62.7 Å². The van der Waals surface area contributed by atoms with Crippen LogP contribution in [0.5, 0.6) is 0 Å². The Hall–Kier alpha value is -2.10. The highest BCUT2D eigenvalue weighted by Crippen LogP contribution is 2.16. The average molecular weight is 271 g/mol. The van der Waals surface area contributed by atoms with Gasteiger partial charge in [-0.3, -0.25) is 9.48 Å². The van der Waals surface area contributed by atoms with E-state index in [4.69, 9.17) is 0 Å². The lowest BCUT2D eigenvalue weighted by Gasteiger charge is -2.14. The molecule has 2 rings (SSSR count). The maximum Gasteiger partial charge on any atom is 0.226 e. The summed E-state index contributed by atoms with van der Waals surface area (Å²) in [6.07, 6.45) is 0.413. The number of nitrogens with one attached hydrogen (secondary N) is 1. The van der Waals surface area contributed by atoms with Gasteiger partial charge in [-0.15, -0.1) is 0 Å². The first-order valence-corrected chi connectivity index (χ1v) is 6.85. The first kappa shape index (κ1) is 14.3. The summed E-state index contributed by atoms with van der Waals surface area (Å²) in [6, 6.07) is 9.89. The molecule has 20 heavy (non-hydrogen) atoms. The van der Waals surface area contributed by atoms with Gasteiger partial charge in [0.25, 0.3) is 0 Å². The summed E-state index contributed by atoms with van der Waals surface area (Å²) in [6.45, 7) is 7.99. The summed E-state index contributed by atoms with van der Waals surface area (Å²) >= 11 is 0. The molecule has 0 saturated carbocycles. The zero-order valence-corrected chi connectivity index (χ0v) is 12.5. The Labute approximate surface area is 119 Å². The van der Waals surface area contributed by atoms with Crippen molar-refractivity contribution in [2.75, 3.05) is 5.32 Å². The minimum Gasteiger partial charge on any atom is -0.326 e. The van der Waals surface area contributed by atoms with Crippen LogP contribution in [0.25, 0.3) is 0 Å². The normalized spacial score (nSPS) is 12.2. The third-order valence-corrected chi connectivity index (χ3v) is 3.24. The van der Waals surface area contributed by atoms with Crippen LogP contribution in [0, 0.1) is 20.8 Å². The first-order chi connectivity index (χ1) is 9.45. The molecule has 0 radical (unpaired) electrons. The molecule has 1 heterocycles. The van der Waals surface area contributed by atoms with Crippen LogP contribution in [-0.4, -0.2) is 15.7 Å². The Kier molecular flexibility index (Phi) is 4.23. The van der Waals surface area contributed by atoms with E-state index in [1.165, 1.54) is 0 Å². The summed E-state index contributed by atoms with van der Waals surface area (Å²) in [5.41, 5.74) is 4.04. The number of aryl methyl sites for hydroxylation is 3. The average Bonchev–Trinajstić information content (AvgIpc) is 2.68. The van der Waals surface area contributed by atoms with Crippen LogP contribution in [0.4, 0.5) is 5.69 Å². The standard InChI is InChI=1S/C16H21N3O/c1-11-6-5-7-15(8-11)17-16(20)10-14(4)19-13(3)9-12(2)18-19/h5-9,14H,10H2,1-4H3,(H,17,20)/t14-/m0/s1. The summed E-state index contributed by atoms with van der Waals surface area (Å²) in [7, 11) is 0. The number of rotatable bonds is 4. The predicted molar refractivity (Wildman–Crippen MR) is 80.8 cm³/mol. The number of hydrogen-bond acceptors (Lipinski definition) is 2. The molecule has 2 aromatic rings. The Balaban J connectivity index is 1.99. The van der Waals surface area contributed by atoms with Crippen molar-refractivity contribution < 1.29 is 4.79 Å². The van der Waals surface area contributed by atoms with E-state index < -0.39 is 0 Å². The highest BCUT2D eigenvalue weighted by Gasteiger charge is 2.14. The molecular weight excluding hydrogens is 250 g/mol. The van der Waals surface area contributed by atoms with Crippen LogP contribution in [0.1, 0.15) is 36.3 Å². The maximum atomic E-state index is 12.1. The zero-order valence-electron chi connectivity index (χ0n) is 12.5. The minimum absolute atomic E-state index is 0.00986. The summed E-state index contributed by atoms with van der Waals surface area (Å²) in [4.78, 5) is 12.1. The van der Waals surface area contributed by atoms with Gasteiger partial charge in [-0.2, -0.15) is 5.10 Å². The van der Waals surface area contributed by atoms with Crippen LogP contribution in [0.3, 0.4) is 0 Å². The van der Waals surface area contributed by atoms with Gasteiger partial charge in [-0.25, -0.2) is 0 Å². The van der Waals surface area contributed by atoms with Crippen LogP contribution in [-0.2, 0) is 4.79 Å². The van der Waals surface area contributed by atoms with Crippen molar-refractivity contribution in [3.8, 4) is 0 Å². The molecule has 4 nitrogen and oxygen atoms in total. The lowest BCUT2D eigenvalue weighted by atomic mass is 10.2. The second-order valence-corrected chi connectivity index (χ2v) is 5.34. The second-order valence-electron chi connectivity index (χ2n) is 5.34. The third-order valence-electron chi connectivity index (χ3n) is 3.24. The van der Waals surface area contributed by atoms with Crippen molar-refractivity contribution in [2.45, 2.75) is 40.2 Å². The van der Waals surface area contributed by atoms with Crippen LogP contribution >= 0.6 is 0 Å². The van der Waals surface area contributed by atoms with E-state index in [0.717, 1.165) is 22.6 Å². The van der Waals surface area contributed by atoms with E-state index in [9.17, 15) is 4.79 Å². The molecule has 0 aliphatic heterocycles. The molecule has 1 N–H and O–H groups in total. The number of anilines is 1. The van der Waals surface area contributed by atoms with Gasteiger partial charge in [0, 0.05) is 17.8 Å². The molecular formula is C16H21N3O. The van der Waals surface area contributed by atoms with Gasteiger partial charge in [0.05, 0.1) is 11.7 Å². The quantitative estimate of drug-likeness (QED) is 0.926. The molecule has 4 heteroatoms. The fraction of sp³-hybridized carbons (Fsp3) is 0.375. The molecule has 0 unspecified atom stereocenters. The lowest BCUT2D eigenvalue weighted by molar-refractivity contribution is -0.116. The first-order valence-electron chi connectivity index (χ1n) is 6.85. The predicted octanol–water partition coefficient (Wildman–Crippen LogP) is 3.40. The van der Waals surface area contributed by atoms with Gasteiger partial charge in [0.15, 0.2) is 0 Å². The number of aromatic nitrogens is 2. The largest absolute Gasteiger partial charge is 0.326 e. The second kappa shape index (κ2) is 5.90. The van der Waals surface area contributed by atoms with Crippen molar-refractivity contribution >= 4 is 11.6 Å².